The van der Waals surface area contributed by atoms with Gasteiger partial charge in [0.05, 0.1) is 10.8 Å². The van der Waals surface area contributed by atoms with Gasteiger partial charge in [0, 0.05) is 11.0 Å². The summed E-state index contributed by atoms with van der Waals surface area (Å²) in [6, 6.07) is 7.00. The van der Waals surface area contributed by atoms with E-state index in [2.05, 4.69) is 5.32 Å². The van der Waals surface area contributed by atoms with Crippen LogP contribution >= 0.6 is 7.14 Å². The summed E-state index contributed by atoms with van der Waals surface area (Å²) in [7, 11) is -2.29. The molecule has 2 bridgehead atoms. The largest absolute Gasteiger partial charge is 0.481 e. The molecular formula is C15H18NO4P. The van der Waals surface area contributed by atoms with Crippen LogP contribution in [0.4, 0.5) is 5.69 Å². The summed E-state index contributed by atoms with van der Waals surface area (Å²) in [6.45, 7) is 3.40. The molecule has 3 fully saturated rings. The summed E-state index contributed by atoms with van der Waals surface area (Å²) < 4.78 is 11.9. The lowest BCUT2D eigenvalue weighted by Gasteiger charge is -2.66. The molecule has 2 N–H and O–H groups in total. The molecule has 1 aromatic rings. The van der Waals surface area contributed by atoms with E-state index in [0.29, 0.717) is 24.9 Å². The first-order valence-corrected chi connectivity index (χ1v) is 9.48. The van der Waals surface area contributed by atoms with Gasteiger partial charge in [-0.05, 0) is 56.9 Å². The number of aliphatic carboxylic acids is 1. The van der Waals surface area contributed by atoms with Crippen molar-refractivity contribution >= 4 is 30.0 Å². The fourth-order valence-corrected chi connectivity index (χ4v) is 4.29. The summed E-state index contributed by atoms with van der Waals surface area (Å²) in [5, 5.41) is 12.7. The highest BCUT2D eigenvalue weighted by Crippen LogP contribution is 2.73. The molecule has 5 nitrogen and oxygen atoms in total. The Hall–Kier alpha value is -1.61. The van der Waals surface area contributed by atoms with Gasteiger partial charge in [-0.3, -0.25) is 9.59 Å². The number of anilines is 1. The molecule has 0 aliphatic heterocycles. The number of benzene rings is 1. The van der Waals surface area contributed by atoms with E-state index in [1.165, 1.54) is 0 Å². The molecule has 3 aliphatic rings. The van der Waals surface area contributed by atoms with Crippen LogP contribution in [0.25, 0.3) is 0 Å². The van der Waals surface area contributed by atoms with Gasteiger partial charge in [-0.15, -0.1) is 0 Å². The van der Waals surface area contributed by atoms with Crippen LogP contribution < -0.4 is 10.6 Å². The molecule has 3 aliphatic carbocycles. The van der Waals surface area contributed by atoms with Crippen molar-refractivity contribution in [1.82, 2.24) is 0 Å². The molecule has 0 spiro atoms. The Bertz CT molecular complexity index is 654. The van der Waals surface area contributed by atoms with E-state index in [-0.39, 0.29) is 5.91 Å². The van der Waals surface area contributed by atoms with E-state index in [0.717, 1.165) is 5.30 Å². The smallest absolute Gasteiger partial charge is 0.309 e. The van der Waals surface area contributed by atoms with Gasteiger partial charge in [0.15, 0.2) is 0 Å². The van der Waals surface area contributed by atoms with E-state index in [9.17, 15) is 14.2 Å². The van der Waals surface area contributed by atoms with Crippen LogP contribution in [0.15, 0.2) is 24.3 Å². The second kappa shape index (κ2) is 4.20. The second-order valence-electron chi connectivity index (χ2n) is 6.75. The third-order valence-corrected chi connectivity index (χ3v) is 6.25. The molecule has 6 heteroatoms. The highest BCUT2D eigenvalue weighted by Gasteiger charge is 2.75. The van der Waals surface area contributed by atoms with E-state index in [4.69, 9.17) is 5.11 Å². The SMILES string of the molecule is CP(C)(=O)c1ccc(NC(=O)C23CC(C(=O)O)(C2)C3)cc1. The van der Waals surface area contributed by atoms with E-state index >= 15 is 0 Å². The Kier molecular flexibility index (Phi) is 2.87. The number of hydrogen-bond donors (Lipinski definition) is 2. The molecular weight excluding hydrogens is 289 g/mol. The van der Waals surface area contributed by atoms with Crippen LogP contribution in [0, 0.1) is 10.8 Å². The molecule has 1 amide bonds. The first kappa shape index (κ1) is 14.3. The average Bonchev–Trinajstić information content (AvgIpc) is 2.23. The van der Waals surface area contributed by atoms with Crippen LogP contribution in [0.5, 0.6) is 0 Å². The Morgan fingerprint density at radius 3 is 2.05 bits per heavy atom. The molecule has 1 aromatic carbocycles. The van der Waals surface area contributed by atoms with E-state index < -0.39 is 23.9 Å². The number of carboxylic acid groups (broad SMARTS) is 1. The summed E-state index contributed by atoms with van der Waals surface area (Å²) in [6.07, 6.45) is 1.33. The summed E-state index contributed by atoms with van der Waals surface area (Å²) >= 11 is 0. The summed E-state index contributed by atoms with van der Waals surface area (Å²) in [4.78, 5) is 23.3. The topological polar surface area (TPSA) is 83.5 Å². The molecule has 21 heavy (non-hydrogen) atoms. The van der Waals surface area contributed by atoms with Gasteiger partial charge in [0.1, 0.15) is 7.14 Å². The van der Waals surface area contributed by atoms with Gasteiger partial charge in [0.2, 0.25) is 5.91 Å². The zero-order chi connectivity index (χ0) is 15.5. The van der Waals surface area contributed by atoms with Crippen LogP contribution in [-0.2, 0) is 14.2 Å². The first-order chi connectivity index (χ1) is 9.67. The normalized spacial score (nSPS) is 30.0. The number of carbonyl (C=O) groups is 2. The molecule has 0 heterocycles. The monoisotopic (exact) mass is 307 g/mol. The molecule has 0 saturated heterocycles. The van der Waals surface area contributed by atoms with Crippen molar-refractivity contribution in [2.24, 2.45) is 10.8 Å². The number of carbonyl (C=O) groups excluding carboxylic acids is 1. The number of rotatable bonds is 4. The van der Waals surface area contributed by atoms with Crippen molar-refractivity contribution in [2.75, 3.05) is 18.6 Å². The first-order valence-electron chi connectivity index (χ1n) is 6.88. The lowest BCUT2D eigenvalue weighted by Crippen LogP contribution is -2.69. The van der Waals surface area contributed by atoms with Crippen molar-refractivity contribution < 1.29 is 19.3 Å². The lowest BCUT2D eigenvalue weighted by molar-refractivity contribution is -0.217. The van der Waals surface area contributed by atoms with E-state index in [1.807, 2.05) is 0 Å². The zero-order valence-corrected chi connectivity index (χ0v) is 12.9. The Morgan fingerprint density at radius 2 is 1.62 bits per heavy atom. The number of hydrogen-bond acceptors (Lipinski definition) is 3. The maximum atomic E-state index is 12.2. The maximum absolute atomic E-state index is 12.2. The number of nitrogens with one attached hydrogen (secondary N) is 1. The molecule has 3 saturated carbocycles. The van der Waals surface area contributed by atoms with Gasteiger partial charge < -0.3 is 15.0 Å². The van der Waals surface area contributed by atoms with Crippen molar-refractivity contribution in [3.05, 3.63) is 24.3 Å². The van der Waals surface area contributed by atoms with Crippen molar-refractivity contribution in [3.63, 3.8) is 0 Å². The predicted molar refractivity (Wildman–Crippen MR) is 80.5 cm³/mol. The highest BCUT2D eigenvalue weighted by atomic mass is 31.2. The third kappa shape index (κ3) is 2.11. The fourth-order valence-electron chi connectivity index (χ4n) is 3.42. The minimum absolute atomic E-state index is 0.102. The quantitative estimate of drug-likeness (QED) is 0.835. The molecule has 0 unspecified atom stereocenters. The summed E-state index contributed by atoms with van der Waals surface area (Å²) in [5.74, 6) is -0.891. The van der Waals surface area contributed by atoms with Crippen molar-refractivity contribution in [2.45, 2.75) is 19.3 Å². The Balaban J connectivity index is 1.65. The second-order valence-corrected chi connectivity index (χ2v) is 9.97. The third-order valence-electron chi connectivity index (χ3n) is 4.71. The van der Waals surface area contributed by atoms with Crippen molar-refractivity contribution in [1.29, 1.82) is 0 Å². The van der Waals surface area contributed by atoms with Gasteiger partial charge in [0.25, 0.3) is 0 Å². The Morgan fingerprint density at radius 1 is 1.10 bits per heavy atom. The van der Waals surface area contributed by atoms with E-state index in [1.54, 1.807) is 37.6 Å². The van der Waals surface area contributed by atoms with Crippen molar-refractivity contribution in [3.8, 4) is 0 Å². The van der Waals surface area contributed by atoms with Gasteiger partial charge in [-0.1, -0.05) is 0 Å². The summed E-state index contributed by atoms with van der Waals surface area (Å²) in [5.41, 5.74) is -0.466. The zero-order valence-electron chi connectivity index (χ0n) is 12.0. The number of carboxylic acids is 1. The molecule has 112 valence electrons. The fraction of sp³-hybridized carbons (Fsp3) is 0.467. The van der Waals surface area contributed by atoms with Gasteiger partial charge in [-0.25, -0.2) is 0 Å². The van der Waals surface area contributed by atoms with Crippen LogP contribution in [-0.4, -0.2) is 30.3 Å². The number of amides is 1. The van der Waals surface area contributed by atoms with Crippen LogP contribution in [0.1, 0.15) is 19.3 Å². The minimum atomic E-state index is -2.29. The standard InChI is InChI=1S/C15H18NO4P/c1-21(2,20)11-5-3-10(4-6-11)16-12(17)14-7-15(8-14,9-14)13(18)19/h3-6H,7-9H2,1-2H3,(H,16,17)(H,18,19). The predicted octanol–water partition coefficient (Wildman–Crippen LogP) is 2.13. The lowest BCUT2D eigenvalue weighted by atomic mass is 9.35. The van der Waals surface area contributed by atoms with Gasteiger partial charge in [-0.2, -0.15) is 0 Å². The molecule has 0 aromatic heterocycles. The van der Waals surface area contributed by atoms with Gasteiger partial charge >= 0.3 is 5.97 Å². The highest BCUT2D eigenvalue weighted by molar-refractivity contribution is 7.70. The van der Waals surface area contributed by atoms with Crippen LogP contribution in [0.3, 0.4) is 0 Å². The maximum Gasteiger partial charge on any atom is 0.309 e. The minimum Gasteiger partial charge on any atom is -0.481 e. The molecule has 0 radical (unpaired) electrons. The average molecular weight is 307 g/mol. The Labute approximate surface area is 123 Å². The molecule has 4 rings (SSSR count). The molecule has 0 atom stereocenters. The van der Waals surface area contributed by atoms with Crippen LogP contribution in [0.2, 0.25) is 0 Å².